The molecule has 3 heteroatoms. The summed E-state index contributed by atoms with van der Waals surface area (Å²) in [4.78, 5) is 11.2. The number of hydrogen-bond acceptors (Lipinski definition) is 2. The number of rotatable bonds is 1. The SMILES string of the molecule is CC1(N)CCC(C)(C(=O)O)C1(C)C. The molecular weight excluding hydrogens is 166 g/mol. The molecule has 0 heterocycles. The average Bonchev–Trinajstić information content (AvgIpc) is 2.12. The summed E-state index contributed by atoms with van der Waals surface area (Å²) in [7, 11) is 0. The van der Waals surface area contributed by atoms with Crippen molar-refractivity contribution in [3.05, 3.63) is 0 Å². The molecule has 2 unspecified atom stereocenters. The zero-order chi connectivity index (χ0) is 10.5. The molecule has 0 aromatic rings. The third kappa shape index (κ3) is 1.10. The third-order valence-corrected chi connectivity index (χ3v) is 4.42. The summed E-state index contributed by atoms with van der Waals surface area (Å²) in [5.74, 6) is -0.730. The molecule has 0 spiro atoms. The second-order valence-electron chi connectivity index (χ2n) is 5.18. The standard InChI is InChI=1S/C10H19NO2/c1-8(2)9(3,7(12)13)5-6-10(8,4)11/h5-6,11H2,1-4H3,(H,12,13). The van der Waals surface area contributed by atoms with E-state index in [2.05, 4.69) is 0 Å². The summed E-state index contributed by atoms with van der Waals surface area (Å²) in [6.07, 6.45) is 1.45. The topological polar surface area (TPSA) is 63.3 Å². The number of hydrogen-bond donors (Lipinski definition) is 2. The van der Waals surface area contributed by atoms with Gasteiger partial charge in [0.15, 0.2) is 0 Å². The summed E-state index contributed by atoms with van der Waals surface area (Å²) < 4.78 is 0. The van der Waals surface area contributed by atoms with Crippen molar-refractivity contribution in [3.63, 3.8) is 0 Å². The Balaban J connectivity index is 3.14. The summed E-state index contributed by atoms with van der Waals surface area (Å²) in [5.41, 5.74) is 4.69. The zero-order valence-corrected chi connectivity index (χ0v) is 8.85. The first-order valence-corrected chi connectivity index (χ1v) is 4.67. The summed E-state index contributed by atoms with van der Waals surface area (Å²) >= 11 is 0. The van der Waals surface area contributed by atoms with E-state index in [9.17, 15) is 9.90 Å². The summed E-state index contributed by atoms with van der Waals surface area (Å²) in [6, 6.07) is 0. The predicted molar refractivity (Wildman–Crippen MR) is 51.4 cm³/mol. The summed E-state index contributed by atoms with van der Waals surface area (Å²) in [6.45, 7) is 7.65. The molecule has 3 N–H and O–H groups in total. The van der Waals surface area contributed by atoms with Gasteiger partial charge in [0.2, 0.25) is 0 Å². The molecule has 76 valence electrons. The lowest BCUT2D eigenvalue weighted by Crippen LogP contribution is -2.53. The van der Waals surface area contributed by atoms with Crippen LogP contribution in [0, 0.1) is 10.8 Å². The molecule has 1 aliphatic rings. The number of carbonyl (C=O) groups is 1. The first kappa shape index (κ1) is 10.5. The smallest absolute Gasteiger partial charge is 0.309 e. The van der Waals surface area contributed by atoms with Crippen LogP contribution >= 0.6 is 0 Å². The molecular formula is C10H19NO2. The quantitative estimate of drug-likeness (QED) is 0.652. The Labute approximate surface area is 79.3 Å². The van der Waals surface area contributed by atoms with Gasteiger partial charge in [-0.3, -0.25) is 4.79 Å². The zero-order valence-electron chi connectivity index (χ0n) is 8.85. The Morgan fingerprint density at radius 2 is 1.69 bits per heavy atom. The molecule has 3 nitrogen and oxygen atoms in total. The van der Waals surface area contributed by atoms with Crippen LogP contribution in [0.2, 0.25) is 0 Å². The first-order chi connectivity index (χ1) is 5.65. The van der Waals surface area contributed by atoms with Crippen molar-refractivity contribution in [3.8, 4) is 0 Å². The molecule has 2 atom stereocenters. The van der Waals surface area contributed by atoms with Gasteiger partial charge in [-0.25, -0.2) is 0 Å². The van der Waals surface area contributed by atoms with Gasteiger partial charge in [0.1, 0.15) is 0 Å². The fourth-order valence-corrected chi connectivity index (χ4v) is 2.14. The van der Waals surface area contributed by atoms with Crippen molar-refractivity contribution in [2.24, 2.45) is 16.6 Å². The van der Waals surface area contributed by atoms with Gasteiger partial charge in [-0.1, -0.05) is 13.8 Å². The van der Waals surface area contributed by atoms with Gasteiger partial charge in [0.05, 0.1) is 5.41 Å². The molecule has 0 bridgehead atoms. The fourth-order valence-electron chi connectivity index (χ4n) is 2.14. The van der Waals surface area contributed by atoms with Crippen LogP contribution in [0.5, 0.6) is 0 Å². The van der Waals surface area contributed by atoms with Gasteiger partial charge in [-0.05, 0) is 32.1 Å². The average molecular weight is 185 g/mol. The maximum absolute atomic E-state index is 11.2. The highest BCUT2D eigenvalue weighted by Gasteiger charge is 2.60. The molecule has 0 amide bonds. The van der Waals surface area contributed by atoms with E-state index in [1.165, 1.54) is 0 Å². The van der Waals surface area contributed by atoms with Gasteiger partial charge >= 0.3 is 5.97 Å². The van der Waals surface area contributed by atoms with Gasteiger partial charge in [-0.2, -0.15) is 0 Å². The molecule has 1 fully saturated rings. The molecule has 0 radical (unpaired) electrons. The fraction of sp³-hybridized carbons (Fsp3) is 0.900. The molecule has 0 aromatic heterocycles. The lowest BCUT2D eigenvalue weighted by molar-refractivity contribution is -0.154. The van der Waals surface area contributed by atoms with Gasteiger partial charge in [-0.15, -0.1) is 0 Å². The second kappa shape index (κ2) is 2.47. The molecule has 13 heavy (non-hydrogen) atoms. The van der Waals surface area contributed by atoms with Gasteiger partial charge in [0.25, 0.3) is 0 Å². The summed E-state index contributed by atoms with van der Waals surface area (Å²) in [5, 5.41) is 9.18. The van der Waals surface area contributed by atoms with E-state index in [1.54, 1.807) is 6.92 Å². The first-order valence-electron chi connectivity index (χ1n) is 4.67. The highest BCUT2D eigenvalue weighted by molar-refractivity contribution is 5.76. The van der Waals surface area contributed by atoms with E-state index in [0.717, 1.165) is 6.42 Å². The Hall–Kier alpha value is -0.570. The monoisotopic (exact) mass is 185 g/mol. The lowest BCUT2D eigenvalue weighted by Gasteiger charge is -2.42. The Morgan fingerprint density at radius 3 is 1.85 bits per heavy atom. The van der Waals surface area contributed by atoms with Crippen molar-refractivity contribution in [1.82, 2.24) is 0 Å². The second-order valence-corrected chi connectivity index (χ2v) is 5.18. The Kier molecular flexibility index (Phi) is 2.00. The van der Waals surface area contributed by atoms with E-state index in [1.807, 2.05) is 20.8 Å². The maximum Gasteiger partial charge on any atom is 0.309 e. The van der Waals surface area contributed by atoms with E-state index in [4.69, 9.17) is 5.73 Å². The minimum Gasteiger partial charge on any atom is -0.481 e. The van der Waals surface area contributed by atoms with Crippen LogP contribution in [0.15, 0.2) is 0 Å². The third-order valence-electron chi connectivity index (χ3n) is 4.42. The van der Waals surface area contributed by atoms with E-state index < -0.39 is 11.4 Å². The normalized spacial score (nSPS) is 43.5. The largest absolute Gasteiger partial charge is 0.481 e. The Bertz CT molecular complexity index is 245. The van der Waals surface area contributed by atoms with Crippen LogP contribution in [0.3, 0.4) is 0 Å². The number of nitrogens with two attached hydrogens (primary N) is 1. The number of aliphatic carboxylic acids is 1. The van der Waals surface area contributed by atoms with Crippen molar-refractivity contribution in [2.45, 2.75) is 46.1 Å². The highest BCUT2D eigenvalue weighted by Crippen LogP contribution is 2.56. The molecule has 1 aliphatic carbocycles. The van der Waals surface area contributed by atoms with Crippen molar-refractivity contribution in [2.75, 3.05) is 0 Å². The minimum absolute atomic E-state index is 0.355. The van der Waals surface area contributed by atoms with E-state index >= 15 is 0 Å². The maximum atomic E-state index is 11.2. The Morgan fingerprint density at radius 1 is 1.23 bits per heavy atom. The van der Waals surface area contributed by atoms with Crippen LogP contribution < -0.4 is 5.73 Å². The van der Waals surface area contributed by atoms with Crippen LogP contribution in [-0.2, 0) is 4.79 Å². The van der Waals surface area contributed by atoms with E-state index in [-0.39, 0.29) is 11.0 Å². The number of carboxylic acid groups (broad SMARTS) is 1. The lowest BCUT2D eigenvalue weighted by atomic mass is 9.63. The van der Waals surface area contributed by atoms with Gasteiger partial charge in [0, 0.05) is 5.54 Å². The van der Waals surface area contributed by atoms with Crippen molar-refractivity contribution in [1.29, 1.82) is 0 Å². The van der Waals surface area contributed by atoms with Crippen LogP contribution in [0.1, 0.15) is 40.5 Å². The molecule has 0 aromatic carbocycles. The molecule has 1 rings (SSSR count). The van der Waals surface area contributed by atoms with Crippen LogP contribution in [0.4, 0.5) is 0 Å². The number of carboxylic acids is 1. The highest BCUT2D eigenvalue weighted by atomic mass is 16.4. The van der Waals surface area contributed by atoms with Crippen LogP contribution in [-0.4, -0.2) is 16.6 Å². The molecule has 0 aliphatic heterocycles. The molecule has 0 saturated heterocycles. The van der Waals surface area contributed by atoms with Crippen molar-refractivity contribution >= 4 is 5.97 Å². The van der Waals surface area contributed by atoms with Crippen LogP contribution in [0.25, 0.3) is 0 Å². The predicted octanol–water partition coefficient (Wildman–Crippen LogP) is 1.61. The molecule has 1 saturated carbocycles. The van der Waals surface area contributed by atoms with Gasteiger partial charge < -0.3 is 10.8 Å². The van der Waals surface area contributed by atoms with E-state index in [0.29, 0.717) is 6.42 Å². The van der Waals surface area contributed by atoms with Crippen molar-refractivity contribution < 1.29 is 9.90 Å². The minimum atomic E-state index is -0.730.